The van der Waals surface area contributed by atoms with Crippen LogP contribution in [-0.2, 0) is 21.4 Å². The molecule has 1 saturated heterocycles. The average Bonchev–Trinajstić information content (AvgIpc) is 3.05. The molecule has 1 amide bonds. The van der Waals surface area contributed by atoms with Crippen LogP contribution in [0.15, 0.2) is 34.5 Å². The van der Waals surface area contributed by atoms with Gasteiger partial charge in [-0.05, 0) is 25.8 Å². The summed E-state index contributed by atoms with van der Waals surface area (Å²) in [6, 6.07) is 1.85. The molecule has 3 aromatic rings. The van der Waals surface area contributed by atoms with Crippen molar-refractivity contribution in [3.8, 4) is 0 Å². The highest BCUT2D eigenvalue weighted by Crippen LogP contribution is 2.33. The van der Waals surface area contributed by atoms with Crippen molar-refractivity contribution in [2.75, 3.05) is 31.1 Å². The van der Waals surface area contributed by atoms with Crippen LogP contribution in [-0.4, -0.2) is 70.4 Å². The van der Waals surface area contributed by atoms with Gasteiger partial charge in [0.1, 0.15) is 16.3 Å². The van der Waals surface area contributed by atoms with Crippen LogP contribution in [0.1, 0.15) is 43.4 Å². The molecule has 1 aliphatic heterocycles. The van der Waals surface area contributed by atoms with Crippen LogP contribution >= 0.6 is 11.3 Å². The maximum Gasteiger partial charge on any atom is 0.263 e. The Morgan fingerprint density at radius 2 is 1.73 bits per heavy atom. The number of hydrogen-bond donors (Lipinski definition) is 1. The molecule has 2 aliphatic rings. The van der Waals surface area contributed by atoms with Crippen molar-refractivity contribution in [3.63, 3.8) is 0 Å². The Bertz CT molecular complexity index is 1420. The molecule has 2 fully saturated rings. The van der Waals surface area contributed by atoms with Crippen LogP contribution < -0.4 is 15.8 Å². The number of aromatic nitrogens is 4. The van der Waals surface area contributed by atoms with E-state index in [2.05, 4.69) is 20.3 Å². The van der Waals surface area contributed by atoms with E-state index in [0.717, 1.165) is 25.7 Å². The topological polar surface area (TPSA) is 130 Å². The molecule has 4 heterocycles. The van der Waals surface area contributed by atoms with Gasteiger partial charge in [0.25, 0.3) is 5.56 Å². The number of sulfonamides is 1. The van der Waals surface area contributed by atoms with Gasteiger partial charge in [-0.2, -0.15) is 4.31 Å². The Kier molecular flexibility index (Phi) is 7.54. The Balaban J connectivity index is 1.37. The maximum atomic E-state index is 13.7. The largest absolute Gasteiger partial charge is 0.352 e. The molecule has 0 spiro atoms. The molecule has 1 saturated carbocycles. The molecule has 37 heavy (non-hydrogen) atoms. The number of nitrogens with one attached hydrogen (secondary N) is 1. The number of aryl methyl sites for hydroxylation is 1. The molecule has 13 heteroatoms. The van der Waals surface area contributed by atoms with Crippen molar-refractivity contribution >= 4 is 43.4 Å². The first kappa shape index (κ1) is 25.7. The highest BCUT2D eigenvalue weighted by molar-refractivity contribution is 7.89. The molecule has 0 aromatic carbocycles. The van der Waals surface area contributed by atoms with E-state index in [1.807, 2.05) is 4.90 Å². The number of piperazine rings is 1. The van der Waals surface area contributed by atoms with Gasteiger partial charge in [-0.25, -0.2) is 23.4 Å². The standard InChI is InChI=1S/C24H31N7O4S2/c1-17-21(37(34,35)31-13-11-29(12-14-31)24-25-9-6-10-26-24)20-22(36-17)27-16-30(23(20)33)15-19(32)28-18-7-4-2-3-5-8-18/h6,9-10,16,18H,2-5,7-8,11-15H2,1H3,(H,28,32). The second-order valence-electron chi connectivity index (χ2n) is 9.54. The maximum absolute atomic E-state index is 13.7. The molecular weight excluding hydrogens is 514 g/mol. The van der Waals surface area contributed by atoms with Crippen LogP contribution in [0.3, 0.4) is 0 Å². The fraction of sp³-hybridized carbons (Fsp3) is 0.542. The normalized spacial score (nSPS) is 18.1. The van der Waals surface area contributed by atoms with E-state index in [1.165, 1.54) is 39.4 Å². The predicted octanol–water partition coefficient (Wildman–Crippen LogP) is 1.91. The van der Waals surface area contributed by atoms with Crippen LogP contribution in [0.4, 0.5) is 5.95 Å². The smallest absolute Gasteiger partial charge is 0.263 e. The van der Waals surface area contributed by atoms with Crippen LogP contribution in [0.25, 0.3) is 10.2 Å². The third-order valence-electron chi connectivity index (χ3n) is 7.01. The monoisotopic (exact) mass is 545 g/mol. The summed E-state index contributed by atoms with van der Waals surface area (Å²) in [6.07, 6.45) is 11.0. The summed E-state index contributed by atoms with van der Waals surface area (Å²) in [6.45, 7) is 2.87. The number of nitrogens with zero attached hydrogens (tertiary/aromatic N) is 6. The van der Waals surface area contributed by atoms with Crippen LogP contribution in [0, 0.1) is 6.92 Å². The van der Waals surface area contributed by atoms with Crippen molar-refractivity contribution in [3.05, 3.63) is 40.0 Å². The zero-order valence-corrected chi connectivity index (χ0v) is 22.4. The minimum atomic E-state index is -3.95. The third-order valence-corrected chi connectivity index (χ3v) is 10.2. The number of fused-ring (bicyclic) bond motifs is 1. The zero-order valence-electron chi connectivity index (χ0n) is 20.8. The number of rotatable bonds is 6. The van der Waals surface area contributed by atoms with E-state index >= 15 is 0 Å². The summed E-state index contributed by atoms with van der Waals surface area (Å²) in [7, 11) is -3.95. The van der Waals surface area contributed by atoms with Gasteiger partial charge in [0.2, 0.25) is 21.9 Å². The summed E-state index contributed by atoms with van der Waals surface area (Å²) >= 11 is 1.18. The molecule has 198 valence electrons. The number of carbonyl (C=O) groups excluding carboxylic acids is 1. The van der Waals surface area contributed by atoms with Crippen LogP contribution in [0.5, 0.6) is 0 Å². The first-order chi connectivity index (χ1) is 17.8. The lowest BCUT2D eigenvalue weighted by Crippen LogP contribution is -2.49. The van der Waals surface area contributed by atoms with Gasteiger partial charge in [-0.15, -0.1) is 11.3 Å². The molecule has 0 bridgehead atoms. The number of hydrogen-bond acceptors (Lipinski definition) is 9. The van der Waals surface area contributed by atoms with Crippen LogP contribution in [0.2, 0.25) is 0 Å². The van der Waals surface area contributed by atoms with E-state index in [1.54, 1.807) is 25.4 Å². The van der Waals surface area contributed by atoms with E-state index in [9.17, 15) is 18.0 Å². The summed E-state index contributed by atoms with van der Waals surface area (Å²) in [4.78, 5) is 41.8. The first-order valence-corrected chi connectivity index (χ1v) is 14.9. The molecule has 11 nitrogen and oxygen atoms in total. The molecular formula is C24H31N7O4S2. The van der Waals surface area contributed by atoms with Gasteiger partial charge in [-0.3, -0.25) is 14.2 Å². The minimum absolute atomic E-state index is 0.00654. The van der Waals surface area contributed by atoms with Crippen molar-refractivity contribution in [1.29, 1.82) is 0 Å². The fourth-order valence-electron chi connectivity index (χ4n) is 5.10. The summed E-state index contributed by atoms with van der Waals surface area (Å²) in [5.41, 5.74) is -0.514. The Labute approximate surface area is 219 Å². The van der Waals surface area contributed by atoms with Gasteiger partial charge in [0, 0.05) is 49.5 Å². The number of anilines is 1. The molecule has 0 unspecified atom stereocenters. The SMILES string of the molecule is Cc1sc2ncn(CC(=O)NC3CCCCCC3)c(=O)c2c1S(=O)(=O)N1CCN(c2ncccn2)CC1. The number of carbonyl (C=O) groups is 1. The Morgan fingerprint density at radius 1 is 1.05 bits per heavy atom. The minimum Gasteiger partial charge on any atom is -0.352 e. The molecule has 5 rings (SSSR count). The molecule has 1 aliphatic carbocycles. The number of thiophene rings is 1. The summed E-state index contributed by atoms with van der Waals surface area (Å²) in [5, 5.41) is 3.09. The van der Waals surface area contributed by atoms with Gasteiger partial charge < -0.3 is 10.2 Å². The van der Waals surface area contributed by atoms with E-state index in [-0.39, 0.29) is 41.9 Å². The second-order valence-corrected chi connectivity index (χ2v) is 12.6. The first-order valence-electron chi connectivity index (χ1n) is 12.6. The summed E-state index contributed by atoms with van der Waals surface area (Å²) in [5.74, 6) is 0.302. The zero-order chi connectivity index (χ0) is 26.0. The van der Waals surface area contributed by atoms with Gasteiger partial charge in [0.15, 0.2) is 0 Å². The molecule has 1 N–H and O–H groups in total. The highest BCUT2D eigenvalue weighted by atomic mass is 32.2. The Morgan fingerprint density at radius 3 is 2.41 bits per heavy atom. The molecule has 0 radical (unpaired) electrons. The predicted molar refractivity (Wildman–Crippen MR) is 141 cm³/mol. The van der Waals surface area contributed by atoms with Crippen molar-refractivity contribution in [2.24, 2.45) is 0 Å². The van der Waals surface area contributed by atoms with E-state index in [4.69, 9.17) is 0 Å². The quantitative estimate of drug-likeness (QED) is 0.465. The third kappa shape index (κ3) is 5.39. The van der Waals surface area contributed by atoms with Gasteiger partial charge in [-0.1, -0.05) is 25.7 Å². The average molecular weight is 546 g/mol. The fourth-order valence-corrected chi connectivity index (χ4v) is 8.19. The lowest BCUT2D eigenvalue weighted by Gasteiger charge is -2.33. The Hall–Kier alpha value is -2.90. The van der Waals surface area contributed by atoms with Crippen molar-refractivity contribution in [1.82, 2.24) is 29.1 Å². The lowest BCUT2D eigenvalue weighted by atomic mass is 10.1. The van der Waals surface area contributed by atoms with Crippen molar-refractivity contribution < 1.29 is 13.2 Å². The highest BCUT2D eigenvalue weighted by Gasteiger charge is 2.34. The molecule has 3 aromatic heterocycles. The van der Waals surface area contributed by atoms with Crippen molar-refractivity contribution in [2.45, 2.75) is 62.9 Å². The van der Waals surface area contributed by atoms with Gasteiger partial charge in [0.05, 0.1) is 11.7 Å². The lowest BCUT2D eigenvalue weighted by molar-refractivity contribution is -0.122. The second kappa shape index (κ2) is 10.8. The van der Waals surface area contributed by atoms with E-state index in [0.29, 0.717) is 28.7 Å². The summed E-state index contributed by atoms with van der Waals surface area (Å²) < 4.78 is 30.1. The molecule has 0 atom stereocenters. The van der Waals surface area contributed by atoms with Gasteiger partial charge >= 0.3 is 0 Å². The number of amides is 1. The van der Waals surface area contributed by atoms with E-state index < -0.39 is 15.6 Å².